The molecule has 0 spiro atoms. The Hall–Kier alpha value is -0.870. The zero-order chi connectivity index (χ0) is 15.7. The van der Waals surface area contributed by atoms with Crippen molar-refractivity contribution in [3.63, 3.8) is 0 Å². The summed E-state index contributed by atoms with van der Waals surface area (Å²) in [5.74, 6) is 0. The molecule has 1 aliphatic rings. The van der Waals surface area contributed by atoms with Crippen LogP contribution >= 0.6 is 0 Å². The summed E-state index contributed by atoms with van der Waals surface area (Å²) in [4.78, 5) is 0.470. The van der Waals surface area contributed by atoms with Gasteiger partial charge in [-0.1, -0.05) is 45.4 Å². The lowest BCUT2D eigenvalue weighted by molar-refractivity contribution is 0.276. The highest BCUT2D eigenvalue weighted by atomic mass is 32.2. The first-order chi connectivity index (χ1) is 9.16. The van der Waals surface area contributed by atoms with Crippen LogP contribution in [-0.4, -0.2) is 25.3 Å². The normalized spacial score (nSPS) is 20.0. The first-order valence-electron chi connectivity index (χ1n) is 7.29. The Balaban J connectivity index is 0.000000956. The van der Waals surface area contributed by atoms with Crippen LogP contribution in [0.15, 0.2) is 23.1 Å². The van der Waals surface area contributed by atoms with E-state index in [4.69, 9.17) is 0 Å². The lowest BCUT2D eigenvalue weighted by atomic mass is 9.83. The summed E-state index contributed by atoms with van der Waals surface area (Å²) in [5.41, 5.74) is 1.91. The predicted octanol–water partition coefficient (Wildman–Crippen LogP) is 3.71. The monoisotopic (exact) mass is 297 g/mol. The van der Waals surface area contributed by atoms with Crippen LogP contribution in [0, 0.1) is 6.92 Å². The van der Waals surface area contributed by atoms with Crippen LogP contribution in [0.2, 0.25) is 0 Å². The second-order valence-corrected chi connectivity index (χ2v) is 7.89. The van der Waals surface area contributed by atoms with Crippen LogP contribution in [0.1, 0.15) is 52.7 Å². The maximum absolute atomic E-state index is 12.6. The average Bonchev–Trinajstić information content (AvgIpc) is 2.36. The van der Waals surface area contributed by atoms with Crippen molar-refractivity contribution in [1.29, 1.82) is 0 Å². The largest absolute Gasteiger partial charge is 0.243 e. The maximum Gasteiger partial charge on any atom is 0.243 e. The number of rotatable bonds is 1. The Bertz CT molecular complexity index is 574. The van der Waals surface area contributed by atoms with Crippen LogP contribution < -0.4 is 0 Å². The lowest BCUT2D eigenvalue weighted by Gasteiger charge is -2.41. The third kappa shape index (κ3) is 2.91. The van der Waals surface area contributed by atoms with E-state index in [1.54, 1.807) is 10.4 Å². The van der Waals surface area contributed by atoms with Gasteiger partial charge in [-0.3, -0.25) is 0 Å². The van der Waals surface area contributed by atoms with Crippen molar-refractivity contribution in [2.24, 2.45) is 0 Å². The molecular formula is C16H27NO2S. The SMILES string of the molecule is CC.Cc1ccc2c(c1)C(C)(C)CN(C(C)C)S2(=O)=O. The van der Waals surface area contributed by atoms with Gasteiger partial charge in [-0.05, 0) is 32.4 Å². The minimum absolute atomic E-state index is 0.0104. The Morgan fingerprint density at radius 1 is 1.20 bits per heavy atom. The van der Waals surface area contributed by atoms with Crippen molar-refractivity contribution < 1.29 is 8.42 Å². The molecule has 0 fully saturated rings. The molecule has 0 aromatic heterocycles. The fraction of sp³-hybridized carbons (Fsp3) is 0.625. The summed E-state index contributed by atoms with van der Waals surface area (Å²) in [5, 5.41) is 0. The second kappa shape index (κ2) is 5.86. The molecule has 4 heteroatoms. The van der Waals surface area contributed by atoms with Crippen LogP contribution in [0.4, 0.5) is 0 Å². The summed E-state index contributed by atoms with van der Waals surface area (Å²) in [7, 11) is -3.34. The molecule has 3 nitrogen and oxygen atoms in total. The van der Waals surface area contributed by atoms with E-state index >= 15 is 0 Å². The smallest absolute Gasteiger partial charge is 0.207 e. The molecule has 0 aliphatic carbocycles. The highest BCUT2D eigenvalue weighted by molar-refractivity contribution is 7.89. The quantitative estimate of drug-likeness (QED) is 0.792. The number of hydrogen-bond donors (Lipinski definition) is 0. The summed E-state index contributed by atoms with van der Waals surface area (Å²) in [6.45, 7) is 14.6. The maximum atomic E-state index is 12.6. The highest BCUT2D eigenvalue weighted by Crippen LogP contribution is 2.38. The van der Waals surface area contributed by atoms with E-state index in [0.29, 0.717) is 11.4 Å². The molecule has 1 aromatic rings. The Labute approximate surface area is 124 Å². The van der Waals surface area contributed by atoms with Crippen molar-refractivity contribution in [3.05, 3.63) is 29.3 Å². The minimum Gasteiger partial charge on any atom is -0.207 e. The van der Waals surface area contributed by atoms with Gasteiger partial charge in [-0.25, -0.2) is 8.42 Å². The number of benzene rings is 1. The van der Waals surface area contributed by atoms with E-state index in [9.17, 15) is 8.42 Å². The van der Waals surface area contributed by atoms with E-state index in [1.807, 2.05) is 46.8 Å². The van der Waals surface area contributed by atoms with Gasteiger partial charge in [0.2, 0.25) is 10.0 Å². The summed E-state index contributed by atoms with van der Waals surface area (Å²) in [6, 6.07) is 5.61. The van der Waals surface area contributed by atoms with Gasteiger partial charge in [0.25, 0.3) is 0 Å². The first kappa shape index (κ1) is 17.2. The molecule has 1 aliphatic heterocycles. The third-order valence-corrected chi connectivity index (χ3v) is 5.66. The Morgan fingerprint density at radius 3 is 2.25 bits per heavy atom. The van der Waals surface area contributed by atoms with E-state index in [-0.39, 0.29) is 11.5 Å². The number of nitrogens with zero attached hydrogens (tertiary/aromatic N) is 1. The summed E-state index contributed by atoms with van der Waals surface area (Å²) >= 11 is 0. The third-order valence-electron chi connectivity index (χ3n) is 3.58. The molecule has 0 radical (unpaired) electrons. The average molecular weight is 297 g/mol. The second-order valence-electron chi connectivity index (χ2n) is 6.03. The van der Waals surface area contributed by atoms with Gasteiger partial charge in [0.15, 0.2) is 0 Å². The molecule has 1 aromatic carbocycles. The summed E-state index contributed by atoms with van der Waals surface area (Å²) in [6.07, 6.45) is 0. The van der Waals surface area contributed by atoms with Crippen LogP contribution in [0.25, 0.3) is 0 Å². The fourth-order valence-electron chi connectivity index (χ4n) is 2.54. The number of fused-ring (bicyclic) bond motifs is 1. The Morgan fingerprint density at radius 2 is 1.75 bits per heavy atom. The first-order valence-corrected chi connectivity index (χ1v) is 8.73. The molecule has 20 heavy (non-hydrogen) atoms. The number of hydrogen-bond acceptors (Lipinski definition) is 2. The molecule has 0 N–H and O–H groups in total. The topological polar surface area (TPSA) is 37.4 Å². The zero-order valence-corrected chi connectivity index (χ0v) is 14.5. The minimum atomic E-state index is -3.34. The number of aryl methyl sites for hydroxylation is 1. The Kier molecular flexibility index (Phi) is 5.03. The van der Waals surface area contributed by atoms with Gasteiger partial charge in [0.1, 0.15) is 0 Å². The fourth-order valence-corrected chi connectivity index (χ4v) is 4.70. The number of sulfonamides is 1. The van der Waals surface area contributed by atoms with Crippen LogP contribution in [0.3, 0.4) is 0 Å². The molecular weight excluding hydrogens is 270 g/mol. The van der Waals surface area contributed by atoms with Gasteiger partial charge >= 0.3 is 0 Å². The van der Waals surface area contributed by atoms with Crippen LogP contribution in [0.5, 0.6) is 0 Å². The van der Waals surface area contributed by atoms with Crippen molar-refractivity contribution in [2.45, 2.75) is 64.8 Å². The molecule has 0 atom stereocenters. The van der Waals surface area contributed by atoms with Crippen molar-refractivity contribution >= 4 is 10.0 Å². The van der Waals surface area contributed by atoms with Gasteiger partial charge in [-0.15, -0.1) is 0 Å². The van der Waals surface area contributed by atoms with E-state index in [1.165, 1.54) is 0 Å². The van der Waals surface area contributed by atoms with Gasteiger partial charge in [0.05, 0.1) is 4.90 Å². The highest BCUT2D eigenvalue weighted by Gasteiger charge is 2.42. The molecule has 0 saturated heterocycles. The van der Waals surface area contributed by atoms with E-state index in [2.05, 4.69) is 13.8 Å². The molecule has 2 rings (SSSR count). The molecule has 0 bridgehead atoms. The molecule has 114 valence electrons. The molecule has 0 saturated carbocycles. The van der Waals surface area contributed by atoms with Gasteiger partial charge < -0.3 is 0 Å². The van der Waals surface area contributed by atoms with E-state index < -0.39 is 10.0 Å². The van der Waals surface area contributed by atoms with Gasteiger partial charge in [0, 0.05) is 18.0 Å². The van der Waals surface area contributed by atoms with Crippen molar-refractivity contribution in [1.82, 2.24) is 4.31 Å². The van der Waals surface area contributed by atoms with Crippen molar-refractivity contribution in [3.8, 4) is 0 Å². The standard InChI is InChI=1S/C14H21NO2S.C2H6/c1-10(2)15-9-14(4,5)12-8-11(3)6-7-13(12)18(15,16)17;1-2/h6-8,10H,9H2,1-5H3;1-2H3. The lowest BCUT2D eigenvalue weighted by Crippen LogP contribution is -2.49. The molecule has 0 amide bonds. The molecule has 1 heterocycles. The van der Waals surface area contributed by atoms with Gasteiger partial charge in [-0.2, -0.15) is 4.31 Å². The van der Waals surface area contributed by atoms with Crippen molar-refractivity contribution in [2.75, 3.05) is 6.54 Å². The molecule has 0 unspecified atom stereocenters. The summed E-state index contributed by atoms with van der Waals surface area (Å²) < 4.78 is 26.7. The van der Waals surface area contributed by atoms with E-state index in [0.717, 1.165) is 11.1 Å². The van der Waals surface area contributed by atoms with Crippen LogP contribution in [-0.2, 0) is 15.4 Å². The zero-order valence-electron chi connectivity index (χ0n) is 13.7. The predicted molar refractivity (Wildman–Crippen MR) is 84.6 cm³/mol.